The van der Waals surface area contributed by atoms with Crippen LogP contribution >= 0.6 is 0 Å². The molecule has 1 aromatic heterocycles. The number of methoxy groups -OCH3 is 1. The number of nitrogens with zero attached hydrogens (tertiary/aromatic N) is 2. The van der Waals surface area contributed by atoms with E-state index in [4.69, 9.17) is 4.74 Å². The minimum Gasteiger partial charge on any atom is -0.497 e. The smallest absolute Gasteiger partial charge is 0.254 e. The van der Waals surface area contributed by atoms with Gasteiger partial charge in [-0.05, 0) is 60.9 Å². The van der Waals surface area contributed by atoms with Gasteiger partial charge in [0.25, 0.3) is 11.8 Å². The lowest BCUT2D eigenvalue weighted by Gasteiger charge is -2.50. The highest BCUT2D eigenvalue weighted by Gasteiger charge is 2.49. The fourth-order valence-electron chi connectivity index (χ4n) is 6.32. The van der Waals surface area contributed by atoms with E-state index in [-0.39, 0.29) is 18.4 Å². The number of aliphatic hydroxyl groups is 1. The van der Waals surface area contributed by atoms with Crippen molar-refractivity contribution in [2.24, 2.45) is 0 Å². The lowest BCUT2D eigenvalue weighted by Crippen LogP contribution is -2.55. The second kappa shape index (κ2) is 9.85. The van der Waals surface area contributed by atoms with E-state index in [9.17, 15) is 19.1 Å². The van der Waals surface area contributed by atoms with Crippen molar-refractivity contribution in [1.29, 1.82) is 0 Å². The molecule has 2 N–H and O–H groups in total. The van der Waals surface area contributed by atoms with Gasteiger partial charge in [-0.15, -0.1) is 0 Å². The van der Waals surface area contributed by atoms with Crippen molar-refractivity contribution < 1.29 is 23.8 Å². The second-order valence-electron chi connectivity index (χ2n) is 10.4. The summed E-state index contributed by atoms with van der Waals surface area (Å²) in [6.07, 6.45) is 1.24. The first kappa shape index (κ1) is 25.1. The van der Waals surface area contributed by atoms with Crippen LogP contribution < -0.4 is 4.74 Å². The number of aliphatic hydroxyl groups excluding tert-OH is 1. The molecule has 8 heteroatoms. The molecule has 200 valence electrons. The number of amides is 2. The van der Waals surface area contributed by atoms with Crippen LogP contribution in [0.2, 0.25) is 0 Å². The van der Waals surface area contributed by atoms with E-state index >= 15 is 0 Å². The highest BCUT2D eigenvalue weighted by Crippen LogP contribution is 2.49. The van der Waals surface area contributed by atoms with E-state index in [1.165, 1.54) is 12.1 Å². The summed E-state index contributed by atoms with van der Waals surface area (Å²) in [7, 11) is 1.62. The second-order valence-corrected chi connectivity index (χ2v) is 10.4. The number of ether oxygens (including phenoxy) is 1. The Morgan fingerprint density at radius 2 is 1.74 bits per heavy atom. The highest BCUT2D eigenvalue weighted by atomic mass is 19.1. The van der Waals surface area contributed by atoms with Gasteiger partial charge in [-0.3, -0.25) is 9.59 Å². The van der Waals surface area contributed by atoms with Gasteiger partial charge in [-0.1, -0.05) is 24.3 Å². The van der Waals surface area contributed by atoms with Gasteiger partial charge in [0.2, 0.25) is 0 Å². The van der Waals surface area contributed by atoms with E-state index in [2.05, 4.69) is 4.98 Å². The predicted octanol–water partition coefficient (Wildman–Crippen LogP) is 4.68. The molecule has 0 bridgehead atoms. The Morgan fingerprint density at radius 3 is 2.44 bits per heavy atom. The number of fused-ring (bicyclic) bond motifs is 4. The fraction of sp³-hybridized carbons (Fsp3) is 0.290. The van der Waals surface area contributed by atoms with Crippen molar-refractivity contribution in [2.75, 3.05) is 33.4 Å². The molecule has 1 spiro atoms. The van der Waals surface area contributed by atoms with Gasteiger partial charge in [0.15, 0.2) is 0 Å². The van der Waals surface area contributed by atoms with Crippen molar-refractivity contribution in [3.63, 3.8) is 0 Å². The summed E-state index contributed by atoms with van der Waals surface area (Å²) < 4.78 is 19.2. The molecule has 3 heterocycles. The quantitative estimate of drug-likeness (QED) is 0.404. The first-order valence-corrected chi connectivity index (χ1v) is 13.2. The van der Waals surface area contributed by atoms with E-state index in [0.717, 1.165) is 22.2 Å². The van der Waals surface area contributed by atoms with E-state index in [1.807, 2.05) is 36.4 Å². The first-order valence-electron chi connectivity index (χ1n) is 13.2. The number of hydrogen-bond acceptors (Lipinski definition) is 4. The molecule has 2 aliphatic heterocycles. The number of piperidine rings is 1. The number of aromatic amines is 1. The molecule has 2 aliphatic rings. The Morgan fingerprint density at radius 1 is 1.00 bits per heavy atom. The van der Waals surface area contributed by atoms with Crippen LogP contribution in [0, 0.1) is 5.82 Å². The SMILES string of the molecule is COc1ccc2c3c([nH]c2c1)[C@@H](CO)N(C(=O)c1ccccc1)CC31CCN(C(=O)c2cccc(F)c2)CC1. The minimum atomic E-state index is -0.538. The van der Waals surface area contributed by atoms with Crippen LogP contribution in [0.25, 0.3) is 10.9 Å². The van der Waals surface area contributed by atoms with Crippen molar-refractivity contribution in [3.8, 4) is 5.75 Å². The van der Waals surface area contributed by atoms with Gasteiger partial charge < -0.3 is 24.6 Å². The number of carbonyl (C=O) groups is 2. The number of benzene rings is 3. The Bertz CT molecular complexity index is 1540. The summed E-state index contributed by atoms with van der Waals surface area (Å²) in [5, 5.41) is 11.6. The number of H-pyrrole nitrogens is 1. The molecule has 1 atom stereocenters. The number of aromatic nitrogens is 1. The predicted molar refractivity (Wildman–Crippen MR) is 145 cm³/mol. The summed E-state index contributed by atoms with van der Waals surface area (Å²) in [5.41, 5.74) is 3.25. The van der Waals surface area contributed by atoms with E-state index < -0.39 is 17.3 Å². The standard InChI is InChI=1S/C31H30FN3O4/c1-39-23-10-11-24-25(17-23)33-28-26(18-36)35(30(38)20-6-3-2-4-7-20)19-31(27(24)28)12-14-34(15-13-31)29(37)21-8-5-9-22(32)16-21/h2-11,16-17,26,33,36H,12-15,18-19H2,1H3/t26-/m1/s1. The third-order valence-corrected chi connectivity index (χ3v) is 8.28. The first-order chi connectivity index (χ1) is 18.9. The van der Waals surface area contributed by atoms with Gasteiger partial charge in [-0.25, -0.2) is 4.39 Å². The van der Waals surface area contributed by atoms with Crippen molar-refractivity contribution in [1.82, 2.24) is 14.8 Å². The maximum atomic E-state index is 13.8. The van der Waals surface area contributed by atoms with Crippen LogP contribution in [0.1, 0.15) is 50.9 Å². The molecule has 3 aromatic carbocycles. The number of hydrogen-bond donors (Lipinski definition) is 2. The zero-order chi connectivity index (χ0) is 27.1. The van der Waals surface area contributed by atoms with Crippen LogP contribution in [0.5, 0.6) is 5.75 Å². The number of likely N-dealkylation sites (tertiary alicyclic amines) is 1. The minimum absolute atomic E-state index is 0.144. The summed E-state index contributed by atoms with van der Waals surface area (Å²) >= 11 is 0. The molecule has 4 aromatic rings. The largest absolute Gasteiger partial charge is 0.497 e. The average Bonchev–Trinajstić information content (AvgIpc) is 3.37. The highest BCUT2D eigenvalue weighted by molar-refractivity contribution is 5.96. The van der Waals surface area contributed by atoms with Crippen LogP contribution in [-0.2, 0) is 5.41 Å². The van der Waals surface area contributed by atoms with Gasteiger partial charge in [0, 0.05) is 58.8 Å². The van der Waals surface area contributed by atoms with Crippen LogP contribution in [0.15, 0.2) is 72.8 Å². The molecule has 39 heavy (non-hydrogen) atoms. The Balaban J connectivity index is 1.41. The van der Waals surface area contributed by atoms with Gasteiger partial charge in [0.1, 0.15) is 11.6 Å². The maximum absolute atomic E-state index is 13.8. The normalized spacial score (nSPS) is 18.3. The Kier molecular flexibility index (Phi) is 6.35. The van der Waals surface area contributed by atoms with Crippen LogP contribution in [-0.4, -0.2) is 65.1 Å². The molecular formula is C31H30FN3O4. The summed E-state index contributed by atoms with van der Waals surface area (Å²) in [6, 6.07) is 20.2. The van der Waals surface area contributed by atoms with Gasteiger partial charge in [-0.2, -0.15) is 0 Å². The van der Waals surface area contributed by atoms with Crippen molar-refractivity contribution in [3.05, 3.63) is 101 Å². The molecule has 0 aliphatic carbocycles. The molecule has 0 saturated carbocycles. The molecule has 0 unspecified atom stereocenters. The molecule has 1 saturated heterocycles. The lowest BCUT2D eigenvalue weighted by molar-refractivity contribution is 0.0325. The lowest BCUT2D eigenvalue weighted by atomic mass is 9.68. The number of nitrogens with one attached hydrogen (secondary N) is 1. The number of halogens is 1. The average molecular weight is 528 g/mol. The topological polar surface area (TPSA) is 85.9 Å². The fourth-order valence-corrected chi connectivity index (χ4v) is 6.32. The van der Waals surface area contributed by atoms with Gasteiger partial charge >= 0.3 is 0 Å². The maximum Gasteiger partial charge on any atom is 0.254 e. The summed E-state index contributed by atoms with van der Waals surface area (Å²) in [6.45, 7) is 1.12. The monoisotopic (exact) mass is 527 g/mol. The van der Waals surface area contributed by atoms with Crippen LogP contribution in [0.3, 0.4) is 0 Å². The number of carbonyl (C=O) groups excluding carboxylic acids is 2. The van der Waals surface area contributed by atoms with Crippen molar-refractivity contribution in [2.45, 2.75) is 24.3 Å². The van der Waals surface area contributed by atoms with Crippen molar-refractivity contribution >= 4 is 22.7 Å². The van der Waals surface area contributed by atoms with E-state index in [0.29, 0.717) is 49.4 Å². The zero-order valence-electron chi connectivity index (χ0n) is 21.7. The number of rotatable bonds is 4. The molecular weight excluding hydrogens is 497 g/mol. The molecule has 0 radical (unpaired) electrons. The molecule has 1 fully saturated rings. The molecule has 7 nitrogen and oxygen atoms in total. The Labute approximate surface area is 225 Å². The third-order valence-electron chi connectivity index (χ3n) is 8.28. The molecule has 2 amide bonds. The summed E-state index contributed by atoms with van der Waals surface area (Å²) in [5.74, 6) is -0.0716. The summed E-state index contributed by atoms with van der Waals surface area (Å²) in [4.78, 5) is 34.0. The van der Waals surface area contributed by atoms with Gasteiger partial charge in [0.05, 0.1) is 19.8 Å². The van der Waals surface area contributed by atoms with Crippen LogP contribution in [0.4, 0.5) is 4.39 Å². The Hall–Kier alpha value is -4.17. The molecule has 6 rings (SSSR count). The zero-order valence-corrected chi connectivity index (χ0v) is 21.7. The van der Waals surface area contributed by atoms with E-state index in [1.54, 1.807) is 41.2 Å². The third kappa shape index (κ3) is 4.25.